The summed E-state index contributed by atoms with van der Waals surface area (Å²) in [5.41, 5.74) is 0. The zero-order valence-corrected chi connectivity index (χ0v) is 6.26. The molecule has 3 nitrogen and oxygen atoms in total. The van der Waals surface area contributed by atoms with Crippen LogP contribution in [0.15, 0.2) is 0 Å². The van der Waals surface area contributed by atoms with Crippen molar-refractivity contribution in [3.8, 4) is 0 Å². The van der Waals surface area contributed by atoms with Gasteiger partial charge in [0.2, 0.25) is 0 Å². The van der Waals surface area contributed by atoms with E-state index in [1.54, 1.807) is 0 Å². The molecular formula is C7H13O3. The third kappa shape index (κ3) is 5.56. The Bertz CT molecular complexity index is 90.9. The number of hydrogen-bond acceptors (Lipinski definition) is 3. The molecular weight excluding hydrogens is 132 g/mol. The lowest BCUT2D eigenvalue weighted by Gasteiger charge is -2.02. The number of ether oxygens (including phenoxy) is 2. The molecule has 10 heavy (non-hydrogen) atoms. The molecule has 0 heterocycles. The van der Waals surface area contributed by atoms with Crippen molar-refractivity contribution < 1.29 is 14.3 Å². The zero-order valence-electron chi connectivity index (χ0n) is 6.26. The van der Waals surface area contributed by atoms with Gasteiger partial charge in [0.05, 0.1) is 6.61 Å². The van der Waals surface area contributed by atoms with Crippen molar-refractivity contribution in [3.05, 3.63) is 6.92 Å². The second-order valence-electron chi connectivity index (χ2n) is 1.79. The second kappa shape index (κ2) is 6.55. The van der Waals surface area contributed by atoms with E-state index in [2.05, 4.69) is 11.7 Å². The Labute approximate surface area is 61.3 Å². The zero-order chi connectivity index (χ0) is 7.82. The van der Waals surface area contributed by atoms with E-state index in [4.69, 9.17) is 4.74 Å². The molecule has 0 aromatic heterocycles. The van der Waals surface area contributed by atoms with Crippen molar-refractivity contribution in [1.29, 1.82) is 0 Å². The standard InChI is InChI=1S/C7H13O3/c1-3-5-9-6-10-7(8)4-2/h2-6H2,1H3. The Hall–Kier alpha value is -0.570. The summed E-state index contributed by atoms with van der Waals surface area (Å²) in [6.07, 6.45) is 1.09. The largest absolute Gasteiger partial charge is 0.438 e. The fourth-order valence-electron chi connectivity index (χ4n) is 0.383. The van der Waals surface area contributed by atoms with Crippen LogP contribution in [0.25, 0.3) is 0 Å². The van der Waals surface area contributed by atoms with E-state index in [9.17, 15) is 4.79 Å². The Kier molecular flexibility index (Phi) is 6.18. The average Bonchev–Trinajstić information content (AvgIpc) is 1.98. The van der Waals surface area contributed by atoms with Crippen LogP contribution in [0.5, 0.6) is 0 Å². The van der Waals surface area contributed by atoms with Crippen molar-refractivity contribution in [1.82, 2.24) is 0 Å². The summed E-state index contributed by atoms with van der Waals surface area (Å²) < 4.78 is 9.45. The predicted octanol–water partition coefficient (Wildman–Crippen LogP) is 1.14. The fourth-order valence-corrected chi connectivity index (χ4v) is 0.383. The summed E-state index contributed by atoms with van der Waals surface area (Å²) in [6, 6.07) is 0. The van der Waals surface area contributed by atoms with Crippen LogP contribution in [0.2, 0.25) is 0 Å². The fraction of sp³-hybridized carbons (Fsp3) is 0.714. The number of carbonyl (C=O) groups excluding carboxylic acids is 1. The van der Waals surface area contributed by atoms with Gasteiger partial charge >= 0.3 is 5.97 Å². The van der Waals surface area contributed by atoms with Gasteiger partial charge in [-0.3, -0.25) is 4.79 Å². The highest BCUT2D eigenvalue weighted by Gasteiger charge is 1.95. The summed E-state index contributed by atoms with van der Waals surface area (Å²) in [7, 11) is 0. The molecule has 0 saturated heterocycles. The summed E-state index contributed by atoms with van der Waals surface area (Å²) in [5.74, 6) is -0.323. The molecule has 59 valence electrons. The van der Waals surface area contributed by atoms with E-state index >= 15 is 0 Å². The van der Waals surface area contributed by atoms with Gasteiger partial charge in [0.1, 0.15) is 0 Å². The maximum absolute atomic E-state index is 10.4. The molecule has 1 radical (unpaired) electrons. The molecule has 0 atom stereocenters. The van der Waals surface area contributed by atoms with Crippen LogP contribution in [-0.2, 0) is 14.3 Å². The van der Waals surface area contributed by atoms with Crippen molar-refractivity contribution in [2.45, 2.75) is 19.8 Å². The van der Waals surface area contributed by atoms with Gasteiger partial charge in [-0.25, -0.2) is 0 Å². The van der Waals surface area contributed by atoms with Crippen molar-refractivity contribution >= 4 is 5.97 Å². The monoisotopic (exact) mass is 145 g/mol. The van der Waals surface area contributed by atoms with Crippen LogP contribution in [0, 0.1) is 6.92 Å². The predicted molar refractivity (Wildman–Crippen MR) is 37.2 cm³/mol. The van der Waals surface area contributed by atoms with Gasteiger partial charge in [-0.2, -0.15) is 0 Å². The van der Waals surface area contributed by atoms with E-state index < -0.39 is 0 Å². The third-order valence-electron chi connectivity index (χ3n) is 0.856. The topological polar surface area (TPSA) is 35.5 Å². The quantitative estimate of drug-likeness (QED) is 0.330. The van der Waals surface area contributed by atoms with Gasteiger partial charge in [-0.05, 0) is 13.3 Å². The van der Waals surface area contributed by atoms with Crippen LogP contribution in [0.3, 0.4) is 0 Å². The first kappa shape index (κ1) is 9.43. The summed E-state index contributed by atoms with van der Waals surface area (Å²) in [6.45, 7) is 6.03. The molecule has 0 rings (SSSR count). The van der Waals surface area contributed by atoms with Gasteiger partial charge in [-0.1, -0.05) is 6.92 Å². The normalized spacial score (nSPS) is 9.40. The lowest BCUT2D eigenvalue weighted by molar-refractivity contribution is -0.155. The van der Waals surface area contributed by atoms with Crippen molar-refractivity contribution in [2.24, 2.45) is 0 Å². The molecule has 0 aliphatic rings. The van der Waals surface area contributed by atoms with E-state index in [0.717, 1.165) is 6.42 Å². The number of esters is 1. The average molecular weight is 145 g/mol. The first-order chi connectivity index (χ1) is 4.81. The number of hydrogen-bond donors (Lipinski definition) is 0. The molecule has 0 N–H and O–H groups in total. The first-order valence-electron chi connectivity index (χ1n) is 3.33. The van der Waals surface area contributed by atoms with Gasteiger partial charge in [0, 0.05) is 6.42 Å². The molecule has 0 fully saturated rings. The van der Waals surface area contributed by atoms with E-state index in [1.165, 1.54) is 0 Å². The van der Waals surface area contributed by atoms with Crippen molar-refractivity contribution in [2.75, 3.05) is 13.4 Å². The second-order valence-corrected chi connectivity index (χ2v) is 1.79. The lowest BCUT2D eigenvalue weighted by atomic mass is 10.5. The Morgan fingerprint density at radius 1 is 1.60 bits per heavy atom. The molecule has 0 amide bonds. The smallest absolute Gasteiger partial charge is 0.307 e. The Morgan fingerprint density at radius 2 is 2.30 bits per heavy atom. The van der Waals surface area contributed by atoms with E-state index in [1.807, 2.05) is 6.92 Å². The van der Waals surface area contributed by atoms with Gasteiger partial charge < -0.3 is 9.47 Å². The van der Waals surface area contributed by atoms with Gasteiger partial charge in [0.25, 0.3) is 0 Å². The third-order valence-corrected chi connectivity index (χ3v) is 0.856. The molecule has 0 aromatic rings. The van der Waals surface area contributed by atoms with Gasteiger partial charge in [-0.15, -0.1) is 0 Å². The maximum atomic E-state index is 10.4. The molecule has 0 spiro atoms. The maximum Gasteiger partial charge on any atom is 0.307 e. The highest BCUT2D eigenvalue weighted by atomic mass is 16.7. The molecule has 0 saturated carbocycles. The van der Waals surface area contributed by atoms with Crippen LogP contribution in [0.4, 0.5) is 0 Å². The highest BCUT2D eigenvalue weighted by Crippen LogP contribution is 1.85. The Balaban J connectivity index is 2.96. The minimum absolute atomic E-state index is 0.0577. The van der Waals surface area contributed by atoms with Crippen LogP contribution < -0.4 is 0 Å². The SMILES string of the molecule is [CH2]CC(=O)OCOCCC. The minimum Gasteiger partial charge on any atom is -0.438 e. The van der Waals surface area contributed by atoms with Crippen LogP contribution in [0.1, 0.15) is 19.8 Å². The molecule has 0 aliphatic heterocycles. The van der Waals surface area contributed by atoms with Gasteiger partial charge in [0.15, 0.2) is 6.79 Å². The van der Waals surface area contributed by atoms with Crippen molar-refractivity contribution in [3.63, 3.8) is 0 Å². The van der Waals surface area contributed by atoms with E-state index in [-0.39, 0.29) is 19.2 Å². The summed E-state index contributed by atoms with van der Waals surface area (Å²) >= 11 is 0. The lowest BCUT2D eigenvalue weighted by Crippen LogP contribution is -2.07. The first-order valence-corrected chi connectivity index (χ1v) is 3.33. The summed E-state index contributed by atoms with van der Waals surface area (Å²) in [4.78, 5) is 10.4. The number of carbonyl (C=O) groups is 1. The molecule has 0 aromatic carbocycles. The van der Waals surface area contributed by atoms with Crippen LogP contribution >= 0.6 is 0 Å². The van der Waals surface area contributed by atoms with E-state index in [0.29, 0.717) is 6.61 Å². The van der Waals surface area contributed by atoms with Crippen LogP contribution in [-0.4, -0.2) is 19.4 Å². The minimum atomic E-state index is -0.323. The number of rotatable bonds is 5. The summed E-state index contributed by atoms with van der Waals surface area (Å²) in [5, 5.41) is 0. The molecule has 0 unspecified atom stereocenters. The molecule has 3 heteroatoms. The highest BCUT2D eigenvalue weighted by molar-refractivity contribution is 5.69. The molecule has 0 aliphatic carbocycles. The Morgan fingerprint density at radius 3 is 2.80 bits per heavy atom. The molecule has 0 bridgehead atoms.